The first kappa shape index (κ1) is 24.4. The second-order valence-corrected chi connectivity index (χ2v) is 7.21. The lowest BCUT2D eigenvalue weighted by Crippen LogP contribution is -2.45. The average Bonchev–Trinajstić information content (AvgIpc) is 3.36. The fourth-order valence-electron chi connectivity index (χ4n) is 3.23. The molecule has 0 spiro atoms. The molecule has 2 heterocycles. The van der Waals surface area contributed by atoms with Crippen LogP contribution in [0.5, 0.6) is 11.5 Å². The SMILES string of the molecule is CCNC(=NCc1cccc(NC(=O)c2ccco2)c1)NCC1COc2ccccc2O1.I. The number of nitrogens with zero attached hydrogens (tertiary/aromatic N) is 1. The number of hydrogen-bond acceptors (Lipinski definition) is 5. The Morgan fingerprint density at radius 1 is 1.06 bits per heavy atom. The molecule has 0 fully saturated rings. The molecule has 33 heavy (non-hydrogen) atoms. The Hall–Kier alpha value is -3.21. The van der Waals surface area contributed by atoms with Crippen molar-refractivity contribution < 1.29 is 18.7 Å². The molecule has 8 nitrogen and oxygen atoms in total. The van der Waals surface area contributed by atoms with E-state index in [1.807, 2.05) is 55.5 Å². The number of rotatable bonds is 7. The number of fused-ring (bicyclic) bond motifs is 1. The molecule has 1 aliphatic heterocycles. The number of furan rings is 1. The molecule has 0 aliphatic carbocycles. The van der Waals surface area contributed by atoms with Crippen molar-refractivity contribution in [1.29, 1.82) is 0 Å². The smallest absolute Gasteiger partial charge is 0.291 e. The van der Waals surface area contributed by atoms with Crippen LogP contribution in [-0.2, 0) is 6.54 Å². The van der Waals surface area contributed by atoms with E-state index in [0.717, 1.165) is 23.6 Å². The molecule has 4 rings (SSSR count). The fourth-order valence-corrected chi connectivity index (χ4v) is 3.23. The van der Waals surface area contributed by atoms with Crippen LogP contribution in [0.15, 0.2) is 76.3 Å². The Bertz CT molecular complexity index is 1070. The highest BCUT2D eigenvalue weighted by Gasteiger charge is 2.20. The number of benzene rings is 2. The second kappa shape index (κ2) is 12.1. The highest BCUT2D eigenvalue weighted by Crippen LogP contribution is 2.30. The minimum atomic E-state index is -0.290. The molecule has 1 aromatic heterocycles. The first-order valence-corrected chi connectivity index (χ1v) is 10.6. The van der Waals surface area contributed by atoms with Gasteiger partial charge >= 0.3 is 0 Å². The molecule has 2 aromatic carbocycles. The van der Waals surface area contributed by atoms with Crippen molar-refractivity contribution in [2.45, 2.75) is 19.6 Å². The summed E-state index contributed by atoms with van der Waals surface area (Å²) in [5.74, 6) is 2.18. The lowest BCUT2D eigenvalue weighted by Gasteiger charge is -2.27. The summed E-state index contributed by atoms with van der Waals surface area (Å²) >= 11 is 0. The molecule has 174 valence electrons. The Balaban J connectivity index is 0.00000306. The number of carbonyl (C=O) groups excluding carboxylic acids is 1. The number of halogens is 1. The van der Waals surface area contributed by atoms with Gasteiger partial charge in [-0.15, -0.1) is 24.0 Å². The van der Waals surface area contributed by atoms with Gasteiger partial charge in [0.25, 0.3) is 5.91 Å². The van der Waals surface area contributed by atoms with Crippen LogP contribution in [0.1, 0.15) is 23.0 Å². The zero-order valence-electron chi connectivity index (χ0n) is 18.2. The van der Waals surface area contributed by atoms with Gasteiger partial charge in [0.05, 0.1) is 19.4 Å². The first-order valence-electron chi connectivity index (χ1n) is 10.6. The van der Waals surface area contributed by atoms with Gasteiger partial charge in [-0.1, -0.05) is 24.3 Å². The van der Waals surface area contributed by atoms with Gasteiger partial charge in [-0.3, -0.25) is 4.79 Å². The van der Waals surface area contributed by atoms with Gasteiger partial charge < -0.3 is 29.8 Å². The summed E-state index contributed by atoms with van der Waals surface area (Å²) in [5.41, 5.74) is 1.65. The molecule has 1 amide bonds. The highest BCUT2D eigenvalue weighted by molar-refractivity contribution is 14.0. The van der Waals surface area contributed by atoms with Gasteiger partial charge in [0, 0.05) is 12.2 Å². The van der Waals surface area contributed by atoms with Gasteiger partial charge in [-0.2, -0.15) is 0 Å². The van der Waals surface area contributed by atoms with E-state index in [4.69, 9.17) is 13.9 Å². The molecule has 0 saturated carbocycles. The van der Waals surface area contributed by atoms with Crippen molar-refractivity contribution in [3.8, 4) is 11.5 Å². The number of carbonyl (C=O) groups is 1. The fraction of sp³-hybridized carbons (Fsp3) is 0.250. The van der Waals surface area contributed by atoms with Crippen LogP contribution < -0.4 is 25.4 Å². The van der Waals surface area contributed by atoms with Crippen LogP contribution in [0.25, 0.3) is 0 Å². The number of anilines is 1. The summed E-state index contributed by atoms with van der Waals surface area (Å²) < 4.78 is 16.9. The Labute approximate surface area is 209 Å². The van der Waals surface area contributed by atoms with Crippen molar-refractivity contribution in [3.63, 3.8) is 0 Å². The highest BCUT2D eigenvalue weighted by atomic mass is 127. The number of amides is 1. The minimum absolute atomic E-state index is 0. The Morgan fingerprint density at radius 3 is 2.70 bits per heavy atom. The predicted octanol–water partition coefficient (Wildman–Crippen LogP) is 4.05. The normalized spacial score (nSPS) is 14.7. The summed E-state index contributed by atoms with van der Waals surface area (Å²) in [6, 6.07) is 18.5. The number of nitrogens with one attached hydrogen (secondary N) is 3. The van der Waals surface area contributed by atoms with E-state index in [0.29, 0.717) is 31.3 Å². The molecular formula is C24H27IN4O4. The third-order valence-electron chi connectivity index (χ3n) is 4.76. The largest absolute Gasteiger partial charge is 0.486 e. The quantitative estimate of drug-likeness (QED) is 0.229. The van der Waals surface area contributed by atoms with Crippen LogP contribution in [0, 0.1) is 0 Å². The zero-order valence-corrected chi connectivity index (χ0v) is 20.6. The maximum Gasteiger partial charge on any atom is 0.291 e. The van der Waals surface area contributed by atoms with Gasteiger partial charge in [0.15, 0.2) is 23.2 Å². The second-order valence-electron chi connectivity index (χ2n) is 7.21. The summed E-state index contributed by atoms with van der Waals surface area (Å²) in [7, 11) is 0. The maximum atomic E-state index is 12.2. The zero-order chi connectivity index (χ0) is 22.2. The van der Waals surface area contributed by atoms with Gasteiger partial charge in [0.2, 0.25) is 0 Å². The van der Waals surface area contributed by atoms with Crippen LogP contribution in [0.4, 0.5) is 5.69 Å². The molecule has 1 aliphatic rings. The lowest BCUT2D eigenvalue weighted by molar-refractivity contribution is 0.0936. The Morgan fingerprint density at radius 2 is 1.91 bits per heavy atom. The van der Waals surface area contributed by atoms with Crippen molar-refractivity contribution in [1.82, 2.24) is 10.6 Å². The molecule has 3 N–H and O–H groups in total. The number of ether oxygens (including phenoxy) is 2. The third-order valence-corrected chi connectivity index (χ3v) is 4.76. The van der Waals surface area contributed by atoms with E-state index < -0.39 is 0 Å². The van der Waals surface area contributed by atoms with E-state index in [1.54, 1.807) is 12.1 Å². The van der Waals surface area contributed by atoms with Crippen molar-refractivity contribution >= 4 is 41.5 Å². The van der Waals surface area contributed by atoms with E-state index >= 15 is 0 Å². The van der Waals surface area contributed by atoms with Gasteiger partial charge in [-0.05, 0) is 48.9 Å². The summed E-state index contributed by atoms with van der Waals surface area (Å²) in [5, 5.41) is 9.38. The number of hydrogen-bond donors (Lipinski definition) is 3. The van der Waals surface area contributed by atoms with Crippen molar-refractivity contribution in [2.75, 3.05) is 25.0 Å². The van der Waals surface area contributed by atoms with Crippen LogP contribution in [-0.4, -0.2) is 37.7 Å². The van der Waals surface area contributed by atoms with E-state index in [1.165, 1.54) is 6.26 Å². The Kier molecular flexibility index (Phi) is 8.99. The first-order chi connectivity index (χ1) is 15.7. The standard InChI is InChI=1S/C24H26N4O4.HI/c1-2-25-24(27-15-19-16-31-20-9-3-4-10-21(20)32-19)26-14-17-7-5-8-18(13-17)28-23(29)22-11-6-12-30-22;/h3-13,19H,2,14-16H2,1H3,(H,28,29)(H2,25,26,27);1H. The number of aliphatic imine (C=N–C) groups is 1. The van der Waals surface area contributed by atoms with Crippen LogP contribution >= 0.6 is 24.0 Å². The molecule has 0 saturated heterocycles. The molecule has 3 aromatic rings. The minimum Gasteiger partial charge on any atom is -0.486 e. The summed E-state index contributed by atoms with van der Waals surface area (Å²) in [6.45, 7) is 4.22. The average molecular weight is 562 g/mol. The lowest BCUT2D eigenvalue weighted by atomic mass is 10.2. The molecule has 9 heteroatoms. The molecular weight excluding hydrogens is 535 g/mol. The monoisotopic (exact) mass is 562 g/mol. The molecule has 0 radical (unpaired) electrons. The predicted molar refractivity (Wildman–Crippen MR) is 138 cm³/mol. The molecule has 1 unspecified atom stereocenters. The molecule has 0 bridgehead atoms. The topological polar surface area (TPSA) is 97.1 Å². The van der Waals surface area contributed by atoms with Crippen molar-refractivity contribution in [3.05, 3.63) is 78.3 Å². The number of guanidine groups is 1. The van der Waals surface area contributed by atoms with Crippen molar-refractivity contribution in [2.24, 2.45) is 4.99 Å². The van der Waals surface area contributed by atoms with Crippen LogP contribution in [0.3, 0.4) is 0 Å². The van der Waals surface area contributed by atoms with E-state index in [-0.39, 0.29) is 41.7 Å². The van der Waals surface area contributed by atoms with Gasteiger partial charge in [0.1, 0.15) is 12.7 Å². The maximum absolute atomic E-state index is 12.2. The van der Waals surface area contributed by atoms with E-state index in [2.05, 4.69) is 20.9 Å². The number of para-hydroxylation sites is 2. The molecule has 1 atom stereocenters. The van der Waals surface area contributed by atoms with Crippen LogP contribution in [0.2, 0.25) is 0 Å². The summed E-state index contributed by atoms with van der Waals surface area (Å²) in [6.07, 6.45) is 1.35. The third kappa shape index (κ3) is 6.88. The summed E-state index contributed by atoms with van der Waals surface area (Å²) in [4.78, 5) is 16.8. The van der Waals surface area contributed by atoms with Gasteiger partial charge in [-0.25, -0.2) is 4.99 Å². The van der Waals surface area contributed by atoms with E-state index in [9.17, 15) is 4.79 Å².